The van der Waals surface area contributed by atoms with Gasteiger partial charge in [0.15, 0.2) is 0 Å². The van der Waals surface area contributed by atoms with E-state index >= 15 is 0 Å². The standard InChI is InChI=1S/C26H58O7SSi2/c1-9-28-35(29-10-2,30-11-3)25(7)21-17-15-19-23-34(27)24-20-16-18-22-26(8)36(31-12-4,32-13-5)33-14-6/h25-26H,9-24H2,1-8H3. The molecule has 218 valence electrons. The highest BCUT2D eigenvalue weighted by Gasteiger charge is 2.47. The highest BCUT2D eigenvalue weighted by molar-refractivity contribution is 7.84. The Morgan fingerprint density at radius 1 is 0.500 bits per heavy atom. The lowest BCUT2D eigenvalue weighted by atomic mass is 10.2. The number of hydrogen-bond donors (Lipinski definition) is 0. The van der Waals surface area contributed by atoms with Crippen LogP contribution in [0.4, 0.5) is 0 Å². The van der Waals surface area contributed by atoms with Gasteiger partial charge in [0.25, 0.3) is 0 Å². The Bertz CT molecular complexity index is 464. The molecular formula is C26H58O7SSi2. The normalized spacial score (nSPS) is 15.2. The Hall–Kier alpha value is 0.344. The molecule has 0 aliphatic carbocycles. The monoisotopic (exact) mass is 570 g/mol. The first-order chi connectivity index (χ1) is 17.3. The average molecular weight is 571 g/mol. The van der Waals surface area contributed by atoms with E-state index < -0.39 is 28.4 Å². The molecule has 0 aliphatic rings. The molecule has 0 aromatic carbocycles. The van der Waals surface area contributed by atoms with E-state index in [0.29, 0.717) is 39.6 Å². The van der Waals surface area contributed by atoms with Gasteiger partial charge in [0.05, 0.1) is 0 Å². The summed E-state index contributed by atoms with van der Waals surface area (Å²) in [4.78, 5) is 0. The van der Waals surface area contributed by atoms with Crippen molar-refractivity contribution in [3.05, 3.63) is 0 Å². The molecular weight excluding hydrogens is 513 g/mol. The molecule has 0 heterocycles. The molecule has 2 unspecified atom stereocenters. The molecule has 0 amide bonds. The van der Waals surface area contributed by atoms with Gasteiger partial charge in [-0.2, -0.15) is 0 Å². The van der Waals surface area contributed by atoms with Crippen LogP contribution in [0.15, 0.2) is 0 Å². The van der Waals surface area contributed by atoms with Gasteiger partial charge in [-0.15, -0.1) is 0 Å². The Morgan fingerprint density at radius 3 is 1.03 bits per heavy atom. The van der Waals surface area contributed by atoms with E-state index in [-0.39, 0.29) is 11.1 Å². The molecule has 2 atom stereocenters. The minimum atomic E-state index is -2.62. The van der Waals surface area contributed by atoms with Crippen molar-refractivity contribution in [2.75, 3.05) is 51.1 Å². The molecule has 0 radical (unpaired) electrons. The van der Waals surface area contributed by atoms with Crippen LogP contribution >= 0.6 is 0 Å². The van der Waals surface area contributed by atoms with Crippen LogP contribution in [-0.4, -0.2) is 73.0 Å². The second-order valence-electron chi connectivity index (χ2n) is 9.15. The van der Waals surface area contributed by atoms with E-state index in [1.807, 2.05) is 41.5 Å². The van der Waals surface area contributed by atoms with Crippen LogP contribution in [0.1, 0.15) is 107 Å². The molecule has 0 N–H and O–H groups in total. The molecule has 0 aromatic heterocycles. The van der Waals surface area contributed by atoms with Crippen molar-refractivity contribution in [3.63, 3.8) is 0 Å². The molecule has 7 nitrogen and oxygen atoms in total. The van der Waals surface area contributed by atoms with Crippen molar-refractivity contribution in [3.8, 4) is 0 Å². The van der Waals surface area contributed by atoms with Gasteiger partial charge >= 0.3 is 17.6 Å². The SMILES string of the molecule is CCO[Si](OCC)(OCC)C(C)CCCCCS(=O)CCCCCC(C)[Si](OCC)(OCC)OCC. The third-order valence-corrected chi connectivity index (χ3v) is 14.9. The Balaban J connectivity index is 4.22. The minimum absolute atomic E-state index is 0.278. The van der Waals surface area contributed by atoms with E-state index in [4.69, 9.17) is 26.6 Å². The fraction of sp³-hybridized carbons (Fsp3) is 1.00. The lowest BCUT2D eigenvalue weighted by Gasteiger charge is -2.33. The third kappa shape index (κ3) is 13.9. The van der Waals surface area contributed by atoms with Crippen LogP contribution in [0.2, 0.25) is 11.1 Å². The lowest BCUT2D eigenvalue weighted by molar-refractivity contribution is 0.0605. The predicted molar refractivity (Wildman–Crippen MR) is 155 cm³/mol. The minimum Gasteiger partial charge on any atom is -0.374 e. The lowest BCUT2D eigenvalue weighted by Crippen LogP contribution is -2.49. The second kappa shape index (κ2) is 22.2. The van der Waals surface area contributed by atoms with Crippen LogP contribution in [0.3, 0.4) is 0 Å². The maximum atomic E-state index is 12.5. The molecule has 0 rings (SSSR count). The molecule has 0 fully saturated rings. The van der Waals surface area contributed by atoms with Crippen LogP contribution in [0, 0.1) is 0 Å². The smallest absolute Gasteiger partial charge is 0.374 e. The van der Waals surface area contributed by atoms with Crippen LogP contribution in [0.25, 0.3) is 0 Å². The summed E-state index contributed by atoms with van der Waals surface area (Å²) in [6, 6.07) is 0. The second-order valence-corrected chi connectivity index (χ2v) is 17.0. The van der Waals surface area contributed by atoms with E-state index in [9.17, 15) is 4.21 Å². The zero-order valence-electron chi connectivity index (χ0n) is 24.7. The van der Waals surface area contributed by atoms with Gasteiger partial charge in [0.1, 0.15) is 0 Å². The maximum Gasteiger partial charge on any atom is 0.503 e. The molecule has 0 aromatic rings. The highest BCUT2D eigenvalue weighted by Crippen LogP contribution is 2.31. The average Bonchev–Trinajstić information content (AvgIpc) is 2.84. The fourth-order valence-corrected chi connectivity index (χ4v) is 11.5. The van der Waals surface area contributed by atoms with Gasteiger partial charge < -0.3 is 26.6 Å². The summed E-state index contributed by atoms with van der Waals surface area (Å²) >= 11 is 0. The summed E-state index contributed by atoms with van der Waals surface area (Å²) in [7, 11) is -5.98. The summed E-state index contributed by atoms with van der Waals surface area (Å²) in [6.45, 7) is 20.1. The van der Waals surface area contributed by atoms with E-state index in [2.05, 4.69) is 13.8 Å². The van der Waals surface area contributed by atoms with Crippen molar-refractivity contribution in [1.29, 1.82) is 0 Å². The number of rotatable bonds is 26. The molecule has 0 bridgehead atoms. The first-order valence-electron chi connectivity index (χ1n) is 14.5. The quantitative estimate of drug-likeness (QED) is 0.0843. The first kappa shape index (κ1) is 36.3. The van der Waals surface area contributed by atoms with Crippen molar-refractivity contribution < 1.29 is 30.8 Å². The third-order valence-electron chi connectivity index (χ3n) is 6.30. The summed E-state index contributed by atoms with van der Waals surface area (Å²) < 4.78 is 48.6. The van der Waals surface area contributed by atoms with Crippen molar-refractivity contribution in [2.45, 2.75) is 118 Å². The summed E-state index contributed by atoms with van der Waals surface area (Å²) in [5.41, 5.74) is 0.556. The summed E-state index contributed by atoms with van der Waals surface area (Å²) in [6.07, 6.45) is 8.40. The fourth-order valence-electron chi connectivity index (χ4n) is 4.55. The molecule has 0 spiro atoms. The topological polar surface area (TPSA) is 72.5 Å². The van der Waals surface area contributed by atoms with Gasteiger partial charge in [-0.25, -0.2) is 0 Å². The number of hydrogen-bond acceptors (Lipinski definition) is 7. The van der Waals surface area contributed by atoms with E-state index in [1.165, 1.54) is 0 Å². The van der Waals surface area contributed by atoms with Crippen LogP contribution in [0.5, 0.6) is 0 Å². The largest absolute Gasteiger partial charge is 0.503 e. The van der Waals surface area contributed by atoms with Gasteiger partial charge in [-0.05, 0) is 67.2 Å². The first-order valence-corrected chi connectivity index (χ1v) is 19.6. The zero-order chi connectivity index (χ0) is 27.3. The van der Waals surface area contributed by atoms with Gasteiger partial charge in [0, 0.05) is 73.0 Å². The Labute approximate surface area is 227 Å². The molecule has 0 saturated carbocycles. The Kier molecular flexibility index (Phi) is 22.4. The highest BCUT2D eigenvalue weighted by atomic mass is 32.2. The van der Waals surface area contributed by atoms with Gasteiger partial charge in [-0.3, -0.25) is 4.21 Å². The maximum absolute atomic E-state index is 12.5. The zero-order valence-corrected chi connectivity index (χ0v) is 27.6. The predicted octanol–water partition coefficient (Wildman–Crippen LogP) is 6.73. The van der Waals surface area contributed by atoms with Crippen molar-refractivity contribution in [2.24, 2.45) is 0 Å². The van der Waals surface area contributed by atoms with E-state index in [1.54, 1.807) is 0 Å². The van der Waals surface area contributed by atoms with Crippen molar-refractivity contribution >= 4 is 28.4 Å². The molecule has 10 heteroatoms. The van der Waals surface area contributed by atoms with Gasteiger partial charge in [0.2, 0.25) is 0 Å². The Morgan fingerprint density at radius 2 is 0.778 bits per heavy atom. The van der Waals surface area contributed by atoms with Crippen LogP contribution < -0.4 is 0 Å². The van der Waals surface area contributed by atoms with E-state index in [0.717, 1.165) is 62.9 Å². The molecule has 0 saturated heterocycles. The molecule has 0 aliphatic heterocycles. The number of unbranched alkanes of at least 4 members (excludes halogenated alkanes) is 4. The summed E-state index contributed by atoms with van der Waals surface area (Å²) in [5.74, 6) is 1.59. The van der Waals surface area contributed by atoms with Gasteiger partial charge in [-0.1, -0.05) is 39.5 Å². The summed E-state index contributed by atoms with van der Waals surface area (Å²) in [5, 5.41) is 0. The van der Waals surface area contributed by atoms with Crippen molar-refractivity contribution in [1.82, 2.24) is 0 Å². The van der Waals surface area contributed by atoms with Crippen LogP contribution in [-0.2, 0) is 37.4 Å². The molecule has 36 heavy (non-hydrogen) atoms.